The quantitative estimate of drug-likeness (QED) is 0.834. The van der Waals surface area contributed by atoms with Crippen LogP contribution in [0.1, 0.15) is 26.2 Å². The van der Waals surface area contributed by atoms with Gasteiger partial charge in [-0.1, -0.05) is 37.4 Å². The Hall–Kier alpha value is -1.11. The van der Waals surface area contributed by atoms with Crippen LogP contribution in [0.5, 0.6) is 0 Å². The van der Waals surface area contributed by atoms with Gasteiger partial charge in [0.2, 0.25) is 0 Å². The Bertz CT molecular complexity index is 667. The molecule has 0 aliphatic rings. The molecule has 0 fully saturated rings. The van der Waals surface area contributed by atoms with Crippen molar-refractivity contribution in [2.45, 2.75) is 31.2 Å². The summed E-state index contributed by atoms with van der Waals surface area (Å²) in [4.78, 5) is 4.03. The molecule has 0 radical (unpaired) electrons. The molecular formula is C12H16ClN3O2S. The van der Waals surface area contributed by atoms with Gasteiger partial charge in [0.25, 0.3) is 10.0 Å². The third-order valence-electron chi connectivity index (χ3n) is 2.77. The normalized spacial score (nSPS) is 12.1. The number of fused-ring (bicyclic) bond motifs is 1. The van der Waals surface area contributed by atoms with Crippen molar-refractivity contribution in [3.8, 4) is 0 Å². The number of imidazole rings is 1. The topological polar surface area (TPSA) is 63.5 Å². The van der Waals surface area contributed by atoms with Gasteiger partial charge < -0.3 is 0 Å². The van der Waals surface area contributed by atoms with Crippen molar-refractivity contribution in [1.29, 1.82) is 0 Å². The van der Waals surface area contributed by atoms with Crippen LogP contribution in [-0.4, -0.2) is 24.3 Å². The van der Waals surface area contributed by atoms with Crippen LogP contribution >= 0.6 is 11.6 Å². The first-order valence-corrected chi connectivity index (χ1v) is 8.04. The molecule has 2 aromatic heterocycles. The predicted octanol–water partition coefficient (Wildman–Crippen LogP) is 2.46. The van der Waals surface area contributed by atoms with Gasteiger partial charge in [-0.05, 0) is 18.6 Å². The number of sulfonamides is 1. The molecule has 19 heavy (non-hydrogen) atoms. The second kappa shape index (κ2) is 5.90. The molecule has 0 bridgehead atoms. The Kier molecular flexibility index (Phi) is 4.44. The third-order valence-corrected chi connectivity index (χ3v) is 4.63. The van der Waals surface area contributed by atoms with Gasteiger partial charge in [-0.2, -0.15) is 0 Å². The standard InChI is InChI=1S/C12H16ClN3O2S/c1-2-3-5-8-14-19(17,18)12-11(13)15-10-7-4-6-9-16(10)12/h4,6-7,9,14H,2-3,5,8H2,1H3. The summed E-state index contributed by atoms with van der Waals surface area (Å²) < 4.78 is 28.5. The van der Waals surface area contributed by atoms with E-state index in [-0.39, 0.29) is 10.2 Å². The Morgan fingerprint density at radius 1 is 1.37 bits per heavy atom. The molecule has 2 heterocycles. The largest absolute Gasteiger partial charge is 0.288 e. The van der Waals surface area contributed by atoms with Crippen molar-refractivity contribution < 1.29 is 8.42 Å². The summed E-state index contributed by atoms with van der Waals surface area (Å²) in [6, 6.07) is 5.23. The zero-order valence-corrected chi connectivity index (χ0v) is 12.2. The van der Waals surface area contributed by atoms with Crippen molar-refractivity contribution in [2.24, 2.45) is 0 Å². The van der Waals surface area contributed by atoms with Gasteiger partial charge in [0.05, 0.1) is 0 Å². The van der Waals surface area contributed by atoms with Gasteiger partial charge in [0.15, 0.2) is 10.2 Å². The van der Waals surface area contributed by atoms with Crippen LogP contribution in [0.25, 0.3) is 5.65 Å². The van der Waals surface area contributed by atoms with E-state index in [1.54, 1.807) is 24.4 Å². The van der Waals surface area contributed by atoms with Gasteiger partial charge in [0.1, 0.15) is 5.65 Å². The van der Waals surface area contributed by atoms with E-state index in [2.05, 4.69) is 16.6 Å². The van der Waals surface area contributed by atoms with E-state index in [4.69, 9.17) is 11.6 Å². The first kappa shape index (κ1) is 14.3. The first-order chi connectivity index (χ1) is 9.06. The summed E-state index contributed by atoms with van der Waals surface area (Å²) in [5.74, 6) is 0. The van der Waals surface area contributed by atoms with E-state index in [0.717, 1.165) is 19.3 Å². The molecule has 0 amide bonds. The minimum atomic E-state index is -3.64. The number of nitrogens with one attached hydrogen (secondary N) is 1. The van der Waals surface area contributed by atoms with E-state index in [9.17, 15) is 8.42 Å². The summed E-state index contributed by atoms with van der Waals surface area (Å²) in [5.41, 5.74) is 0.515. The summed E-state index contributed by atoms with van der Waals surface area (Å²) >= 11 is 5.94. The van der Waals surface area contributed by atoms with Gasteiger partial charge in [-0.3, -0.25) is 4.40 Å². The van der Waals surface area contributed by atoms with Crippen molar-refractivity contribution in [3.05, 3.63) is 29.5 Å². The maximum absolute atomic E-state index is 12.2. The Labute approximate surface area is 117 Å². The highest BCUT2D eigenvalue weighted by Crippen LogP contribution is 2.22. The van der Waals surface area contributed by atoms with Crippen LogP contribution in [0.4, 0.5) is 0 Å². The highest BCUT2D eigenvalue weighted by molar-refractivity contribution is 7.89. The smallest absolute Gasteiger partial charge is 0.259 e. The molecule has 0 saturated heterocycles. The molecule has 0 aliphatic heterocycles. The van der Waals surface area contributed by atoms with Gasteiger partial charge in [-0.15, -0.1) is 0 Å². The van der Waals surface area contributed by atoms with Crippen LogP contribution in [0.2, 0.25) is 5.15 Å². The molecule has 0 saturated carbocycles. The van der Waals surface area contributed by atoms with Gasteiger partial charge in [-0.25, -0.2) is 18.1 Å². The number of aromatic nitrogens is 2. The van der Waals surface area contributed by atoms with E-state index < -0.39 is 10.0 Å². The average Bonchev–Trinajstić information content (AvgIpc) is 2.71. The fraction of sp³-hybridized carbons (Fsp3) is 0.417. The average molecular weight is 302 g/mol. The number of nitrogens with zero attached hydrogens (tertiary/aromatic N) is 2. The maximum Gasteiger partial charge on any atom is 0.259 e. The highest BCUT2D eigenvalue weighted by Gasteiger charge is 2.23. The lowest BCUT2D eigenvalue weighted by atomic mass is 10.3. The van der Waals surface area contributed by atoms with Gasteiger partial charge in [0, 0.05) is 12.7 Å². The molecule has 0 unspecified atom stereocenters. The number of unbranched alkanes of at least 4 members (excludes halogenated alkanes) is 2. The summed E-state index contributed by atoms with van der Waals surface area (Å²) in [7, 11) is -3.64. The Morgan fingerprint density at radius 2 is 2.16 bits per heavy atom. The summed E-state index contributed by atoms with van der Waals surface area (Å²) in [5, 5.41) is -0.00421. The molecule has 0 spiro atoms. The number of hydrogen-bond acceptors (Lipinski definition) is 3. The maximum atomic E-state index is 12.2. The highest BCUT2D eigenvalue weighted by atomic mass is 35.5. The molecule has 7 heteroatoms. The van der Waals surface area contributed by atoms with Crippen molar-refractivity contribution in [1.82, 2.24) is 14.1 Å². The summed E-state index contributed by atoms with van der Waals surface area (Å²) in [6.45, 7) is 2.47. The Morgan fingerprint density at radius 3 is 2.89 bits per heavy atom. The Balaban J connectivity index is 2.30. The lowest BCUT2D eigenvalue weighted by molar-refractivity contribution is 0.571. The minimum absolute atomic E-state index is 0.00117. The first-order valence-electron chi connectivity index (χ1n) is 6.18. The van der Waals surface area contributed by atoms with Crippen molar-refractivity contribution >= 4 is 27.3 Å². The molecule has 1 N–H and O–H groups in total. The minimum Gasteiger partial charge on any atom is -0.288 e. The second-order valence-corrected chi connectivity index (χ2v) is 6.28. The monoisotopic (exact) mass is 301 g/mol. The second-order valence-electron chi connectivity index (χ2n) is 4.24. The van der Waals surface area contributed by atoms with Crippen LogP contribution < -0.4 is 4.72 Å². The van der Waals surface area contributed by atoms with Crippen LogP contribution in [0.15, 0.2) is 29.4 Å². The zero-order valence-electron chi connectivity index (χ0n) is 10.6. The van der Waals surface area contributed by atoms with Crippen LogP contribution in [0.3, 0.4) is 0 Å². The molecule has 5 nitrogen and oxygen atoms in total. The van der Waals surface area contributed by atoms with Crippen molar-refractivity contribution in [3.63, 3.8) is 0 Å². The number of rotatable bonds is 6. The van der Waals surface area contributed by atoms with E-state index >= 15 is 0 Å². The van der Waals surface area contributed by atoms with Crippen LogP contribution in [0, 0.1) is 0 Å². The molecule has 2 aromatic rings. The zero-order chi connectivity index (χ0) is 13.9. The van der Waals surface area contributed by atoms with Crippen LogP contribution in [-0.2, 0) is 10.0 Å². The fourth-order valence-corrected chi connectivity index (χ4v) is 3.55. The molecule has 2 rings (SSSR count). The van der Waals surface area contributed by atoms with Crippen molar-refractivity contribution in [2.75, 3.05) is 6.54 Å². The molecule has 0 aromatic carbocycles. The number of hydrogen-bond donors (Lipinski definition) is 1. The van der Waals surface area contributed by atoms with E-state index in [1.165, 1.54) is 4.40 Å². The molecular weight excluding hydrogens is 286 g/mol. The molecule has 0 atom stereocenters. The lowest BCUT2D eigenvalue weighted by Gasteiger charge is -2.06. The SMILES string of the molecule is CCCCCNS(=O)(=O)c1c(Cl)nc2ccccn12. The van der Waals surface area contributed by atoms with Gasteiger partial charge >= 0.3 is 0 Å². The fourth-order valence-electron chi connectivity index (χ4n) is 1.83. The van der Waals surface area contributed by atoms with E-state index in [1.807, 2.05) is 0 Å². The predicted molar refractivity (Wildman–Crippen MR) is 74.9 cm³/mol. The molecule has 0 aliphatic carbocycles. The van der Waals surface area contributed by atoms with E-state index in [0.29, 0.717) is 12.2 Å². The number of pyridine rings is 1. The number of halogens is 1. The lowest BCUT2D eigenvalue weighted by Crippen LogP contribution is -2.26. The molecule has 104 valence electrons. The summed E-state index contributed by atoms with van der Waals surface area (Å²) in [6.07, 6.45) is 4.47. The third kappa shape index (κ3) is 3.08.